The number of benzene rings is 1. The lowest BCUT2D eigenvalue weighted by molar-refractivity contribution is -0.141. The van der Waals surface area contributed by atoms with Crippen molar-refractivity contribution in [2.75, 3.05) is 20.8 Å². The summed E-state index contributed by atoms with van der Waals surface area (Å²) in [5, 5.41) is 0. The summed E-state index contributed by atoms with van der Waals surface area (Å²) in [6, 6.07) is 3.99. The standard InChI is InChI=1S/C24H31NO4/c1-16-17(2)24(28-6)22(18(3)23(16)27-5)21(20-11-10-13-25-15-20)12-8-7-9-14-29-19(4)26/h10-13,15H,7-9,14H2,1-6H3/b21-12+. The summed E-state index contributed by atoms with van der Waals surface area (Å²) in [7, 11) is 3.41. The van der Waals surface area contributed by atoms with E-state index in [1.54, 1.807) is 20.4 Å². The van der Waals surface area contributed by atoms with E-state index in [4.69, 9.17) is 14.2 Å². The Labute approximate surface area is 173 Å². The number of unbranched alkanes of at least 4 members (excludes halogenated alkanes) is 2. The fraction of sp³-hybridized carbons (Fsp3) is 0.417. The summed E-state index contributed by atoms with van der Waals surface area (Å²) in [6.07, 6.45) is 8.44. The van der Waals surface area contributed by atoms with Crippen LogP contribution in [0.4, 0.5) is 0 Å². The van der Waals surface area contributed by atoms with E-state index in [9.17, 15) is 4.79 Å². The van der Waals surface area contributed by atoms with Crippen LogP contribution in [0.25, 0.3) is 5.57 Å². The number of pyridine rings is 1. The van der Waals surface area contributed by atoms with Crippen LogP contribution in [0.2, 0.25) is 0 Å². The minimum atomic E-state index is -0.237. The molecule has 0 aliphatic heterocycles. The van der Waals surface area contributed by atoms with Crippen LogP contribution in [0, 0.1) is 20.8 Å². The fourth-order valence-corrected chi connectivity index (χ4v) is 3.57. The number of aromatic nitrogens is 1. The second-order valence-electron chi connectivity index (χ2n) is 7.01. The van der Waals surface area contributed by atoms with Crippen molar-refractivity contribution in [1.29, 1.82) is 0 Å². The third-order valence-electron chi connectivity index (χ3n) is 5.09. The lowest BCUT2D eigenvalue weighted by atomic mass is 9.88. The minimum Gasteiger partial charge on any atom is -0.496 e. The molecule has 0 radical (unpaired) electrons. The van der Waals surface area contributed by atoms with Crippen LogP contribution in [0.1, 0.15) is 54.0 Å². The Morgan fingerprint density at radius 1 is 1.03 bits per heavy atom. The van der Waals surface area contributed by atoms with Crippen LogP contribution in [0.15, 0.2) is 30.6 Å². The van der Waals surface area contributed by atoms with E-state index in [1.807, 2.05) is 12.3 Å². The van der Waals surface area contributed by atoms with Crippen molar-refractivity contribution in [3.05, 3.63) is 58.4 Å². The lowest BCUT2D eigenvalue weighted by Crippen LogP contribution is -2.05. The Bertz CT molecular complexity index is 872. The Morgan fingerprint density at radius 3 is 2.31 bits per heavy atom. The monoisotopic (exact) mass is 397 g/mol. The third-order valence-corrected chi connectivity index (χ3v) is 5.09. The van der Waals surface area contributed by atoms with Crippen LogP contribution in [-0.2, 0) is 9.53 Å². The van der Waals surface area contributed by atoms with E-state index in [2.05, 4.69) is 37.9 Å². The average Bonchev–Trinajstić information content (AvgIpc) is 2.71. The van der Waals surface area contributed by atoms with E-state index in [0.717, 1.165) is 64.2 Å². The molecule has 1 heterocycles. The fourth-order valence-electron chi connectivity index (χ4n) is 3.57. The van der Waals surface area contributed by atoms with Gasteiger partial charge in [0.25, 0.3) is 0 Å². The smallest absolute Gasteiger partial charge is 0.302 e. The molecule has 1 aromatic heterocycles. The zero-order valence-corrected chi connectivity index (χ0v) is 18.3. The van der Waals surface area contributed by atoms with Crippen LogP contribution in [0.5, 0.6) is 11.5 Å². The maximum atomic E-state index is 10.9. The minimum absolute atomic E-state index is 0.237. The highest BCUT2D eigenvalue weighted by molar-refractivity contribution is 5.86. The number of carbonyl (C=O) groups is 1. The van der Waals surface area contributed by atoms with Gasteiger partial charge in [0.05, 0.1) is 20.8 Å². The maximum Gasteiger partial charge on any atom is 0.302 e. The maximum absolute atomic E-state index is 10.9. The van der Waals surface area contributed by atoms with Crippen molar-refractivity contribution >= 4 is 11.5 Å². The van der Waals surface area contributed by atoms with Gasteiger partial charge in [0.1, 0.15) is 11.5 Å². The molecule has 0 fully saturated rings. The van der Waals surface area contributed by atoms with E-state index >= 15 is 0 Å². The number of methoxy groups -OCH3 is 2. The predicted molar refractivity (Wildman–Crippen MR) is 116 cm³/mol. The Hall–Kier alpha value is -2.82. The van der Waals surface area contributed by atoms with Crippen molar-refractivity contribution in [2.45, 2.75) is 47.0 Å². The summed E-state index contributed by atoms with van der Waals surface area (Å²) in [5.74, 6) is 1.50. The van der Waals surface area contributed by atoms with Crippen molar-refractivity contribution in [1.82, 2.24) is 4.98 Å². The molecule has 0 amide bonds. The van der Waals surface area contributed by atoms with E-state index < -0.39 is 0 Å². The molecule has 0 saturated heterocycles. The molecule has 2 aromatic rings. The van der Waals surface area contributed by atoms with Gasteiger partial charge in [-0.3, -0.25) is 9.78 Å². The number of nitrogens with zero attached hydrogens (tertiary/aromatic N) is 1. The molecule has 0 aliphatic carbocycles. The summed E-state index contributed by atoms with van der Waals surface area (Å²) >= 11 is 0. The largest absolute Gasteiger partial charge is 0.496 e. The lowest BCUT2D eigenvalue weighted by Gasteiger charge is -2.22. The molecule has 0 N–H and O–H groups in total. The first kappa shape index (κ1) is 22.5. The van der Waals surface area contributed by atoms with Crippen LogP contribution < -0.4 is 9.47 Å². The SMILES string of the molecule is COc1c(C)c(C)c(OC)c(/C(=C/CCCCOC(C)=O)c2cccnc2)c1C. The van der Waals surface area contributed by atoms with E-state index in [0.29, 0.717) is 6.61 Å². The van der Waals surface area contributed by atoms with Gasteiger partial charge in [-0.1, -0.05) is 12.1 Å². The van der Waals surface area contributed by atoms with Crippen molar-refractivity contribution < 1.29 is 19.0 Å². The normalized spacial score (nSPS) is 11.3. The Kier molecular flexibility index (Phi) is 8.25. The molecule has 0 aliphatic rings. The quantitative estimate of drug-likeness (QED) is 0.430. The molecule has 29 heavy (non-hydrogen) atoms. The Balaban J connectivity index is 2.48. The van der Waals surface area contributed by atoms with Crippen molar-refractivity contribution in [3.63, 3.8) is 0 Å². The van der Waals surface area contributed by atoms with Crippen LogP contribution in [0.3, 0.4) is 0 Å². The topological polar surface area (TPSA) is 57.7 Å². The van der Waals surface area contributed by atoms with Gasteiger partial charge >= 0.3 is 5.97 Å². The van der Waals surface area contributed by atoms with Gasteiger partial charge in [0, 0.05) is 36.0 Å². The number of carbonyl (C=O) groups excluding carboxylic acids is 1. The Morgan fingerprint density at radius 2 is 1.72 bits per heavy atom. The molecule has 2 rings (SSSR count). The summed E-state index contributed by atoms with van der Waals surface area (Å²) in [5.41, 5.74) is 6.32. The van der Waals surface area contributed by atoms with E-state index in [1.165, 1.54) is 6.92 Å². The first-order chi connectivity index (χ1) is 13.9. The summed E-state index contributed by atoms with van der Waals surface area (Å²) in [4.78, 5) is 15.2. The number of esters is 1. The van der Waals surface area contributed by atoms with Gasteiger partial charge < -0.3 is 14.2 Å². The zero-order valence-electron chi connectivity index (χ0n) is 18.3. The molecular weight excluding hydrogens is 366 g/mol. The average molecular weight is 398 g/mol. The summed E-state index contributed by atoms with van der Waals surface area (Å²) in [6.45, 7) is 8.05. The van der Waals surface area contributed by atoms with Gasteiger partial charge in [-0.15, -0.1) is 0 Å². The second-order valence-corrected chi connectivity index (χ2v) is 7.01. The van der Waals surface area contributed by atoms with Gasteiger partial charge in [-0.2, -0.15) is 0 Å². The number of ether oxygens (including phenoxy) is 3. The first-order valence-corrected chi connectivity index (χ1v) is 9.88. The van der Waals surface area contributed by atoms with Gasteiger partial charge in [0.2, 0.25) is 0 Å². The van der Waals surface area contributed by atoms with Crippen LogP contribution >= 0.6 is 0 Å². The number of hydrogen-bond acceptors (Lipinski definition) is 5. The third kappa shape index (κ3) is 5.37. The molecule has 1 aromatic carbocycles. The molecule has 0 unspecified atom stereocenters. The highest BCUT2D eigenvalue weighted by atomic mass is 16.5. The molecule has 0 bridgehead atoms. The number of rotatable bonds is 9. The first-order valence-electron chi connectivity index (χ1n) is 9.88. The van der Waals surface area contributed by atoms with Crippen molar-refractivity contribution in [3.8, 4) is 11.5 Å². The highest BCUT2D eigenvalue weighted by Gasteiger charge is 2.22. The summed E-state index contributed by atoms with van der Waals surface area (Å²) < 4.78 is 16.6. The molecule has 156 valence electrons. The molecule has 0 atom stereocenters. The second kappa shape index (κ2) is 10.6. The van der Waals surface area contributed by atoms with Gasteiger partial charge in [-0.05, 0) is 62.8 Å². The highest BCUT2D eigenvalue weighted by Crippen LogP contribution is 2.43. The van der Waals surface area contributed by atoms with Gasteiger partial charge in [0.15, 0.2) is 0 Å². The van der Waals surface area contributed by atoms with Crippen LogP contribution in [-0.4, -0.2) is 31.8 Å². The molecule has 0 saturated carbocycles. The predicted octanol–water partition coefficient (Wildman–Crippen LogP) is 5.19. The molecular formula is C24H31NO4. The van der Waals surface area contributed by atoms with E-state index in [-0.39, 0.29) is 5.97 Å². The molecule has 5 heteroatoms. The molecule has 5 nitrogen and oxygen atoms in total. The zero-order chi connectivity index (χ0) is 21.4. The number of allylic oxidation sites excluding steroid dienone is 1. The number of hydrogen-bond donors (Lipinski definition) is 0. The van der Waals surface area contributed by atoms with Crippen molar-refractivity contribution in [2.24, 2.45) is 0 Å². The molecule has 0 spiro atoms. The van der Waals surface area contributed by atoms with Gasteiger partial charge in [-0.25, -0.2) is 0 Å².